The van der Waals surface area contributed by atoms with E-state index in [1.54, 1.807) is 14.2 Å². The maximum Gasteiger partial charge on any atom is 0.228 e. The molecule has 10 heteroatoms. The van der Waals surface area contributed by atoms with Crippen LogP contribution in [0.2, 0.25) is 0 Å². The Morgan fingerprint density at radius 2 is 1.32 bits per heavy atom. The van der Waals surface area contributed by atoms with E-state index >= 15 is 0 Å². The molecule has 1 aromatic carbocycles. The summed E-state index contributed by atoms with van der Waals surface area (Å²) in [6.07, 6.45) is 10.9. The van der Waals surface area contributed by atoms with E-state index in [2.05, 4.69) is 32.5 Å². The number of rotatable bonds is 23. The molecule has 10 nitrogen and oxygen atoms in total. The predicted octanol–water partition coefficient (Wildman–Crippen LogP) is 4.59. The van der Waals surface area contributed by atoms with Gasteiger partial charge in [-0.05, 0) is 24.1 Å². The smallest absolute Gasteiger partial charge is 0.228 e. The molecule has 4 N–H and O–H groups in total. The minimum Gasteiger partial charge on any atom is -0.497 e. The van der Waals surface area contributed by atoms with Crippen molar-refractivity contribution in [1.82, 2.24) is 15.0 Å². The molecule has 0 amide bonds. The summed E-state index contributed by atoms with van der Waals surface area (Å²) in [7, 11) is 3.29. The first-order valence-electron chi connectivity index (χ1n) is 14.0. The van der Waals surface area contributed by atoms with Gasteiger partial charge in [0, 0.05) is 32.1 Å². The lowest BCUT2D eigenvalue weighted by Gasteiger charge is -2.12. The van der Waals surface area contributed by atoms with Crippen molar-refractivity contribution < 1.29 is 18.9 Å². The molecular weight excluding hydrogens is 484 g/mol. The van der Waals surface area contributed by atoms with Crippen molar-refractivity contribution >= 4 is 11.9 Å². The van der Waals surface area contributed by atoms with Gasteiger partial charge in [0.25, 0.3) is 0 Å². The molecule has 0 unspecified atom stereocenters. The van der Waals surface area contributed by atoms with Crippen LogP contribution in [0.25, 0.3) is 0 Å². The molecule has 0 spiro atoms. The van der Waals surface area contributed by atoms with Gasteiger partial charge in [0.2, 0.25) is 11.9 Å². The molecule has 0 saturated heterocycles. The molecule has 1 heterocycles. The molecular formula is C28H48N6O4. The van der Waals surface area contributed by atoms with Gasteiger partial charge in [-0.2, -0.15) is 15.0 Å². The Kier molecular flexibility index (Phi) is 16.8. The van der Waals surface area contributed by atoms with Crippen LogP contribution in [0.1, 0.15) is 69.7 Å². The summed E-state index contributed by atoms with van der Waals surface area (Å²) in [5.41, 5.74) is 6.42. The average Bonchev–Trinajstić information content (AvgIpc) is 2.94. The first kappa shape index (κ1) is 31.5. The zero-order valence-corrected chi connectivity index (χ0v) is 23.6. The minimum absolute atomic E-state index is 0.518. The number of nitrogens with one attached hydrogen (secondary N) is 2. The fraction of sp³-hybridized carbons (Fsp3) is 0.679. The molecule has 0 aliphatic carbocycles. The highest BCUT2D eigenvalue weighted by molar-refractivity contribution is 5.41. The summed E-state index contributed by atoms with van der Waals surface area (Å²) < 4.78 is 21.7. The summed E-state index contributed by atoms with van der Waals surface area (Å²) in [5.74, 6) is 3.35. The van der Waals surface area contributed by atoms with Gasteiger partial charge in [-0.3, -0.25) is 0 Å². The molecule has 0 aliphatic rings. The van der Waals surface area contributed by atoms with Crippen LogP contribution in [0.5, 0.6) is 11.5 Å². The molecule has 0 bridgehead atoms. The zero-order chi connectivity index (χ0) is 27.3. The Morgan fingerprint density at radius 3 is 1.95 bits per heavy atom. The van der Waals surface area contributed by atoms with Gasteiger partial charge in [0.1, 0.15) is 17.3 Å². The second-order valence-electron chi connectivity index (χ2n) is 9.14. The van der Waals surface area contributed by atoms with Gasteiger partial charge in [0.15, 0.2) is 0 Å². The molecule has 1 aromatic heterocycles. The lowest BCUT2D eigenvalue weighted by molar-refractivity contribution is 0.0547. The third-order valence-corrected chi connectivity index (χ3v) is 5.96. The molecule has 2 aromatic rings. The lowest BCUT2D eigenvalue weighted by Crippen LogP contribution is -2.17. The number of methoxy groups -OCH3 is 2. The van der Waals surface area contributed by atoms with E-state index in [1.807, 2.05) is 18.2 Å². The topological polar surface area (TPSA) is 126 Å². The van der Waals surface area contributed by atoms with Gasteiger partial charge in [-0.25, -0.2) is 0 Å². The quantitative estimate of drug-likeness (QED) is 0.175. The second-order valence-corrected chi connectivity index (χ2v) is 9.14. The third kappa shape index (κ3) is 13.7. The second kappa shape index (κ2) is 20.3. The Balaban J connectivity index is 1.92. The molecule has 214 valence electrons. The third-order valence-electron chi connectivity index (χ3n) is 5.96. The number of hydrogen-bond donors (Lipinski definition) is 3. The number of benzene rings is 1. The largest absolute Gasteiger partial charge is 0.497 e. The van der Waals surface area contributed by atoms with E-state index in [4.69, 9.17) is 24.7 Å². The Bertz CT molecular complexity index is 826. The Hall–Kier alpha value is -2.69. The van der Waals surface area contributed by atoms with Gasteiger partial charge in [-0.1, -0.05) is 51.9 Å². The first-order chi connectivity index (χ1) is 18.7. The number of aryl methyl sites for hydroxylation is 1. The van der Waals surface area contributed by atoms with E-state index in [-0.39, 0.29) is 0 Å². The minimum atomic E-state index is 0.518. The predicted molar refractivity (Wildman–Crippen MR) is 152 cm³/mol. The summed E-state index contributed by atoms with van der Waals surface area (Å²) in [5, 5.41) is 6.60. The highest BCUT2D eigenvalue weighted by atomic mass is 16.5. The van der Waals surface area contributed by atoms with E-state index in [9.17, 15) is 0 Å². The first-order valence-corrected chi connectivity index (χ1v) is 14.0. The van der Waals surface area contributed by atoms with Crippen LogP contribution < -0.4 is 25.8 Å². The summed E-state index contributed by atoms with van der Waals surface area (Å²) >= 11 is 0. The monoisotopic (exact) mass is 532 g/mol. The van der Waals surface area contributed by atoms with Crippen LogP contribution in [0, 0.1) is 0 Å². The van der Waals surface area contributed by atoms with Crippen molar-refractivity contribution in [2.24, 2.45) is 5.73 Å². The van der Waals surface area contributed by atoms with Gasteiger partial charge in [0.05, 0.1) is 40.6 Å². The number of aromatic nitrogens is 3. The molecule has 0 fully saturated rings. The van der Waals surface area contributed by atoms with E-state index in [1.165, 1.54) is 44.9 Å². The maximum absolute atomic E-state index is 5.60. The average molecular weight is 533 g/mol. The van der Waals surface area contributed by atoms with Crippen molar-refractivity contribution in [3.63, 3.8) is 0 Å². The SMILES string of the molecule is CCCCCCCCCCc1nc(NCCOCCOCCN)nc(NCc2cc(OC)cc(OC)c2)n1. The zero-order valence-electron chi connectivity index (χ0n) is 23.6. The van der Waals surface area contributed by atoms with Crippen LogP contribution in [0.3, 0.4) is 0 Å². The molecule has 2 rings (SSSR count). The van der Waals surface area contributed by atoms with Crippen LogP contribution in [0.15, 0.2) is 18.2 Å². The van der Waals surface area contributed by atoms with Crippen molar-refractivity contribution in [1.29, 1.82) is 0 Å². The number of ether oxygens (including phenoxy) is 4. The van der Waals surface area contributed by atoms with Crippen molar-refractivity contribution in [2.45, 2.75) is 71.3 Å². The number of anilines is 2. The van der Waals surface area contributed by atoms with E-state index < -0.39 is 0 Å². The lowest BCUT2D eigenvalue weighted by atomic mass is 10.1. The van der Waals surface area contributed by atoms with E-state index in [0.717, 1.165) is 35.7 Å². The van der Waals surface area contributed by atoms with Crippen LogP contribution in [-0.4, -0.2) is 68.7 Å². The van der Waals surface area contributed by atoms with Crippen molar-refractivity contribution in [3.8, 4) is 11.5 Å². The molecule has 0 atom stereocenters. The highest BCUT2D eigenvalue weighted by Gasteiger charge is 2.08. The summed E-state index contributed by atoms with van der Waals surface area (Å²) in [4.78, 5) is 13.9. The molecule has 38 heavy (non-hydrogen) atoms. The standard InChI is InChI=1S/C28H48N6O4/c1-4-5-6-7-8-9-10-11-12-26-32-27(30-14-16-38-18-17-37-15-13-29)34-28(33-26)31-22-23-19-24(35-2)21-25(20-23)36-3/h19-21H,4-18,22,29H2,1-3H3,(H2,30,31,32,33,34). The molecule has 0 aliphatic heterocycles. The van der Waals surface area contributed by atoms with Crippen LogP contribution in [0.4, 0.5) is 11.9 Å². The fourth-order valence-corrected chi connectivity index (χ4v) is 3.90. The number of nitrogens with two attached hydrogens (primary N) is 1. The van der Waals surface area contributed by atoms with Crippen molar-refractivity contribution in [2.75, 3.05) is 64.4 Å². The van der Waals surface area contributed by atoms with Gasteiger partial charge in [-0.15, -0.1) is 0 Å². The summed E-state index contributed by atoms with van der Waals surface area (Å²) in [6.45, 7) is 6.02. The Labute approximate surface area is 228 Å². The normalized spacial score (nSPS) is 10.9. The van der Waals surface area contributed by atoms with E-state index in [0.29, 0.717) is 58.0 Å². The fourth-order valence-electron chi connectivity index (χ4n) is 3.90. The van der Waals surface area contributed by atoms with Gasteiger partial charge < -0.3 is 35.3 Å². The van der Waals surface area contributed by atoms with Gasteiger partial charge >= 0.3 is 0 Å². The van der Waals surface area contributed by atoms with Crippen LogP contribution >= 0.6 is 0 Å². The molecule has 0 saturated carbocycles. The highest BCUT2D eigenvalue weighted by Crippen LogP contribution is 2.23. The maximum atomic E-state index is 5.60. The number of hydrogen-bond acceptors (Lipinski definition) is 10. The molecule has 0 radical (unpaired) electrons. The number of unbranched alkanes of at least 4 members (excludes halogenated alkanes) is 7. The van der Waals surface area contributed by atoms with Crippen molar-refractivity contribution in [3.05, 3.63) is 29.6 Å². The van der Waals surface area contributed by atoms with Crippen LogP contribution in [-0.2, 0) is 22.4 Å². The summed E-state index contributed by atoms with van der Waals surface area (Å²) in [6, 6.07) is 5.78. The number of nitrogens with zero attached hydrogens (tertiary/aromatic N) is 3. The Morgan fingerprint density at radius 1 is 0.711 bits per heavy atom.